The second kappa shape index (κ2) is 11.8. The standard InChI is InChI=1S/C24H32FNO4S/c1-4-5-6-7-8-9-24(27)26(19(2)3)18-20-10-14-22(15-11-20)30-31(28,29)23-16-12-21(25)13-17-23/h10-17,19H,4-9,18H2,1-3H3. The molecule has 0 unspecified atom stereocenters. The number of hydrogen-bond donors (Lipinski definition) is 0. The van der Waals surface area contributed by atoms with Crippen LogP contribution in [0.2, 0.25) is 0 Å². The van der Waals surface area contributed by atoms with Gasteiger partial charge in [0.05, 0.1) is 0 Å². The molecule has 0 spiro atoms. The molecule has 0 aliphatic rings. The van der Waals surface area contributed by atoms with Crippen molar-refractivity contribution >= 4 is 16.0 Å². The van der Waals surface area contributed by atoms with Crippen LogP contribution in [0.4, 0.5) is 4.39 Å². The van der Waals surface area contributed by atoms with Gasteiger partial charge in [-0.2, -0.15) is 8.42 Å². The summed E-state index contributed by atoms with van der Waals surface area (Å²) < 4.78 is 42.8. The molecule has 0 bridgehead atoms. The van der Waals surface area contributed by atoms with E-state index in [4.69, 9.17) is 4.18 Å². The van der Waals surface area contributed by atoms with Crippen molar-refractivity contribution < 1.29 is 21.8 Å². The summed E-state index contributed by atoms with van der Waals surface area (Å²) in [6.07, 6.45) is 6.05. The van der Waals surface area contributed by atoms with Gasteiger partial charge in [0.25, 0.3) is 0 Å². The van der Waals surface area contributed by atoms with E-state index < -0.39 is 15.9 Å². The average molecular weight is 450 g/mol. The number of benzene rings is 2. The Morgan fingerprint density at radius 3 is 2.16 bits per heavy atom. The van der Waals surface area contributed by atoms with Crippen molar-refractivity contribution in [2.75, 3.05) is 0 Å². The lowest BCUT2D eigenvalue weighted by molar-refractivity contribution is -0.133. The molecule has 0 saturated carbocycles. The molecule has 0 saturated heterocycles. The van der Waals surface area contributed by atoms with Gasteiger partial charge in [0.1, 0.15) is 16.5 Å². The predicted molar refractivity (Wildman–Crippen MR) is 120 cm³/mol. The van der Waals surface area contributed by atoms with Crippen LogP contribution in [0.3, 0.4) is 0 Å². The van der Waals surface area contributed by atoms with Gasteiger partial charge in [0.2, 0.25) is 5.91 Å². The highest BCUT2D eigenvalue weighted by molar-refractivity contribution is 7.87. The van der Waals surface area contributed by atoms with Gasteiger partial charge in [0, 0.05) is 19.0 Å². The lowest BCUT2D eigenvalue weighted by atomic mass is 10.1. The van der Waals surface area contributed by atoms with Crippen molar-refractivity contribution in [2.24, 2.45) is 0 Å². The van der Waals surface area contributed by atoms with Gasteiger partial charge in [-0.15, -0.1) is 0 Å². The van der Waals surface area contributed by atoms with E-state index in [0.29, 0.717) is 13.0 Å². The summed E-state index contributed by atoms with van der Waals surface area (Å²) in [5, 5.41) is 0. The highest BCUT2D eigenvalue weighted by Gasteiger charge is 2.19. The molecule has 0 aliphatic carbocycles. The van der Waals surface area contributed by atoms with Crippen molar-refractivity contribution in [3.05, 3.63) is 59.9 Å². The summed E-state index contributed by atoms with van der Waals surface area (Å²) in [6.45, 7) is 6.60. The number of halogens is 1. The van der Waals surface area contributed by atoms with Crippen LogP contribution >= 0.6 is 0 Å². The molecule has 0 fully saturated rings. The van der Waals surface area contributed by atoms with Crippen LogP contribution in [0, 0.1) is 5.82 Å². The number of rotatable bonds is 12. The quantitative estimate of drug-likeness (QED) is 0.308. The first-order valence-electron chi connectivity index (χ1n) is 10.8. The number of nitrogens with zero attached hydrogens (tertiary/aromatic N) is 1. The van der Waals surface area contributed by atoms with Crippen molar-refractivity contribution in [1.29, 1.82) is 0 Å². The van der Waals surface area contributed by atoms with Crippen molar-refractivity contribution in [2.45, 2.75) is 76.8 Å². The summed E-state index contributed by atoms with van der Waals surface area (Å²) in [6, 6.07) is 11.1. The third-order valence-electron chi connectivity index (χ3n) is 5.02. The largest absolute Gasteiger partial charge is 0.379 e. The van der Waals surface area contributed by atoms with Gasteiger partial charge < -0.3 is 9.08 Å². The number of hydrogen-bond acceptors (Lipinski definition) is 4. The minimum atomic E-state index is -4.04. The summed E-state index contributed by atoms with van der Waals surface area (Å²) in [5.74, 6) is -0.231. The highest BCUT2D eigenvalue weighted by atomic mass is 32.2. The monoisotopic (exact) mass is 449 g/mol. The fourth-order valence-electron chi connectivity index (χ4n) is 3.21. The Kier molecular flexibility index (Phi) is 9.49. The van der Waals surface area contributed by atoms with Gasteiger partial charge in [-0.25, -0.2) is 4.39 Å². The first-order chi connectivity index (χ1) is 14.7. The molecule has 2 aromatic carbocycles. The van der Waals surface area contributed by atoms with Crippen LogP contribution in [0.1, 0.15) is 64.9 Å². The molecule has 7 heteroatoms. The zero-order valence-corrected chi connectivity index (χ0v) is 19.3. The first kappa shape index (κ1) is 24.9. The molecule has 0 atom stereocenters. The molecule has 0 N–H and O–H groups in total. The normalized spacial score (nSPS) is 11.5. The van der Waals surface area contributed by atoms with Gasteiger partial charge in [-0.1, -0.05) is 44.7 Å². The molecule has 2 rings (SSSR count). The second-order valence-corrected chi connectivity index (χ2v) is 9.46. The Labute approximate surface area is 185 Å². The van der Waals surface area contributed by atoms with E-state index in [0.717, 1.165) is 49.1 Å². The molecular weight excluding hydrogens is 417 g/mol. The Morgan fingerprint density at radius 2 is 1.58 bits per heavy atom. The average Bonchev–Trinajstić information content (AvgIpc) is 2.72. The second-order valence-electron chi connectivity index (χ2n) is 7.91. The van der Waals surface area contributed by atoms with Crippen molar-refractivity contribution in [3.8, 4) is 5.75 Å². The van der Waals surface area contributed by atoms with Gasteiger partial charge in [-0.3, -0.25) is 4.79 Å². The summed E-state index contributed by atoms with van der Waals surface area (Å²) in [7, 11) is -4.04. The SMILES string of the molecule is CCCCCCCC(=O)N(Cc1ccc(OS(=O)(=O)c2ccc(F)cc2)cc1)C(C)C. The van der Waals surface area contributed by atoms with Gasteiger partial charge in [0.15, 0.2) is 0 Å². The fourth-order valence-corrected chi connectivity index (χ4v) is 4.14. The number of amides is 1. The van der Waals surface area contributed by atoms with E-state index in [9.17, 15) is 17.6 Å². The van der Waals surface area contributed by atoms with Crippen molar-refractivity contribution in [1.82, 2.24) is 4.90 Å². The molecular formula is C24H32FNO4S. The third kappa shape index (κ3) is 7.98. The van der Waals surface area contributed by atoms with Crippen LogP contribution < -0.4 is 4.18 Å². The summed E-state index contributed by atoms with van der Waals surface area (Å²) >= 11 is 0. The Hall–Kier alpha value is -2.41. The minimum Gasteiger partial charge on any atom is -0.379 e. The zero-order chi connectivity index (χ0) is 22.9. The van der Waals surface area contributed by atoms with E-state index in [1.165, 1.54) is 12.8 Å². The van der Waals surface area contributed by atoms with Gasteiger partial charge in [-0.05, 0) is 62.2 Å². The van der Waals surface area contributed by atoms with E-state index in [-0.39, 0.29) is 22.6 Å². The summed E-state index contributed by atoms with van der Waals surface area (Å²) in [5.41, 5.74) is 0.888. The van der Waals surface area contributed by atoms with E-state index in [1.807, 2.05) is 18.7 Å². The van der Waals surface area contributed by atoms with Crippen LogP contribution in [0.15, 0.2) is 53.4 Å². The lowest BCUT2D eigenvalue weighted by Crippen LogP contribution is -2.36. The van der Waals surface area contributed by atoms with Crippen molar-refractivity contribution in [3.63, 3.8) is 0 Å². The zero-order valence-electron chi connectivity index (χ0n) is 18.5. The molecule has 1 amide bonds. The van der Waals surface area contributed by atoms with E-state index >= 15 is 0 Å². The molecule has 5 nitrogen and oxygen atoms in total. The number of unbranched alkanes of at least 4 members (excludes halogenated alkanes) is 4. The maximum atomic E-state index is 13.0. The molecule has 31 heavy (non-hydrogen) atoms. The Morgan fingerprint density at radius 1 is 0.968 bits per heavy atom. The number of carbonyl (C=O) groups excluding carboxylic acids is 1. The topological polar surface area (TPSA) is 63.7 Å². The molecule has 0 aliphatic heterocycles. The summed E-state index contributed by atoms with van der Waals surface area (Å²) in [4.78, 5) is 14.4. The third-order valence-corrected chi connectivity index (χ3v) is 6.28. The van der Waals surface area contributed by atoms with Crippen LogP contribution in [-0.2, 0) is 21.5 Å². The maximum absolute atomic E-state index is 13.0. The smallest absolute Gasteiger partial charge is 0.339 e. The van der Waals surface area contributed by atoms with Crippen LogP contribution in [0.25, 0.3) is 0 Å². The molecule has 0 heterocycles. The first-order valence-corrected chi connectivity index (χ1v) is 12.2. The fraction of sp³-hybridized carbons (Fsp3) is 0.458. The molecule has 0 radical (unpaired) electrons. The van der Waals surface area contributed by atoms with Crippen LogP contribution in [0.5, 0.6) is 5.75 Å². The highest BCUT2D eigenvalue weighted by Crippen LogP contribution is 2.21. The minimum absolute atomic E-state index is 0.0675. The molecule has 170 valence electrons. The molecule has 2 aromatic rings. The predicted octanol–water partition coefficient (Wildman–Crippen LogP) is 5.69. The lowest BCUT2D eigenvalue weighted by Gasteiger charge is -2.27. The van der Waals surface area contributed by atoms with E-state index in [1.54, 1.807) is 24.3 Å². The Balaban J connectivity index is 1.97. The van der Waals surface area contributed by atoms with Crippen LogP contribution in [-0.4, -0.2) is 25.3 Å². The maximum Gasteiger partial charge on any atom is 0.339 e. The van der Waals surface area contributed by atoms with E-state index in [2.05, 4.69) is 6.92 Å². The molecule has 0 aromatic heterocycles. The number of carbonyl (C=O) groups is 1. The Bertz CT molecular complexity index is 925. The van der Waals surface area contributed by atoms with Gasteiger partial charge >= 0.3 is 10.1 Å².